The van der Waals surface area contributed by atoms with E-state index in [0.717, 1.165) is 22.2 Å². The third kappa shape index (κ3) is 6.33. The molecular formula is C27H23BrN2O6S. The molecule has 4 rings (SSSR count). The fraction of sp³-hybridized carbons (Fsp3) is 0.148. The third-order valence-corrected chi connectivity index (χ3v) is 6.83. The number of carbonyl (C=O) groups excluding carboxylic acids is 3. The highest BCUT2D eigenvalue weighted by atomic mass is 79.9. The molecule has 1 saturated heterocycles. The molecule has 190 valence electrons. The molecule has 0 aliphatic carbocycles. The molecular weight excluding hydrogens is 560 g/mol. The zero-order valence-corrected chi connectivity index (χ0v) is 22.4. The Kier molecular flexibility index (Phi) is 8.52. The van der Waals surface area contributed by atoms with Gasteiger partial charge in [0.15, 0.2) is 11.5 Å². The van der Waals surface area contributed by atoms with E-state index in [4.69, 9.17) is 14.2 Å². The predicted octanol–water partition coefficient (Wildman–Crippen LogP) is 5.72. The van der Waals surface area contributed by atoms with Gasteiger partial charge >= 0.3 is 0 Å². The summed E-state index contributed by atoms with van der Waals surface area (Å²) in [5.41, 5.74) is 2.08. The fourth-order valence-corrected chi connectivity index (χ4v) is 4.97. The summed E-state index contributed by atoms with van der Waals surface area (Å²) in [5.74, 6) is 0.388. The van der Waals surface area contributed by atoms with E-state index in [9.17, 15) is 14.4 Å². The van der Waals surface area contributed by atoms with E-state index in [1.165, 1.54) is 14.2 Å². The number of methoxy groups -OCH3 is 2. The lowest BCUT2D eigenvalue weighted by Crippen LogP contribution is -2.36. The first-order chi connectivity index (χ1) is 17.9. The molecule has 0 spiro atoms. The van der Waals surface area contributed by atoms with Crippen molar-refractivity contribution in [2.75, 3.05) is 26.1 Å². The summed E-state index contributed by atoms with van der Waals surface area (Å²) in [6.45, 7) is -0.0652. The van der Waals surface area contributed by atoms with Gasteiger partial charge in [0, 0.05) is 0 Å². The van der Waals surface area contributed by atoms with Crippen LogP contribution in [-0.2, 0) is 16.2 Å². The van der Waals surface area contributed by atoms with Crippen molar-refractivity contribution in [1.29, 1.82) is 0 Å². The molecule has 1 aliphatic rings. The van der Waals surface area contributed by atoms with Crippen LogP contribution in [0.2, 0.25) is 0 Å². The first-order valence-corrected chi connectivity index (χ1v) is 12.7. The zero-order chi connectivity index (χ0) is 26.4. The molecule has 10 heteroatoms. The lowest BCUT2D eigenvalue weighted by molar-refractivity contribution is -0.127. The van der Waals surface area contributed by atoms with Crippen LogP contribution in [0.25, 0.3) is 6.08 Å². The van der Waals surface area contributed by atoms with Gasteiger partial charge in [-0.1, -0.05) is 42.5 Å². The maximum atomic E-state index is 12.9. The molecule has 3 aromatic carbocycles. The Morgan fingerprint density at radius 2 is 1.70 bits per heavy atom. The first kappa shape index (κ1) is 26.3. The van der Waals surface area contributed by atoms with Crippen LogP contribution in [0.3, 0.4) is 0 Å². The minimum Gasteiger partial charge on any atom is -0.495 e. The van der Waals surface area contributed by atoms with Crippen molar-refractivity contribution in [2.45, 2.75) is 6.61 Å². The van der Waals surface area contributed by atoms with Gasteiger partial charge in [-0.25, -0.2) is 0 Å². The molecule has 0 radical (unpaired) electrons. The second kappa shape index (κ2) is 12.0. The Morgan fingerprint density at radius 1 is 1.00 bits per heavy atom. The number of benzene rings is 3. The number of hydrogen-bond donors (Lipinski definition) is 1. The number of hydrogen-bond acceptors (Lipinski definition) is 7. The van der Waals surface area contributed by atoms with Gasteiger partial charge in [-0.05, 0) is 69.2 Å². The summed E-state index contributed by atoms with van der Waals surface area (Å²) in [5, 5.41) is 2.14. The van der Waals surface area contributed by atoms with Crippen LogP contribution < -0.4 is 19.5 Å². The van der Waals surface area contributed by atoms with E-state index in [1.807, 2.05) is 30.3 Å². The largest absolute Gasteiger partial charge is 0.495 e. The van der Waals surface area contributed by atoms with Gasteiger partial charge in [0.2, 0.25) is 5.91 Å². The van der Waals surface area contributed by atoms with Crippen LogP contribution in [0.4, 0.5) is 10.5 Å². The summed E-state index contributed by atoms with van der Waals surface area (Å²) in [6, 6.07) is 20.1. The Morgan fingerprint density at radius 3 is 2.43 bits per heavy atom. The molecule has 1 heterocycles. The molecule has 1 fully saturated rings. The number of carbonyl (C=O) groups is 3. The normalized spacial score (nSPS) is 14.1. The van der Waals surface area contributed by atoms with Crippen molar-refractivity contribution in [3.63, 3.8) is 0 Å². The van der Waals surface area contributed by atoms with Crippen molar-refractivity contribution in [3.05, 3.63) is 87.2 Å². The highest BCUT2D eigenvalue weighted by molar-refractivity contribution is 9.10. The Hall–Kier alpha value is -3.76. The Bertz CT molecular complexity index is 1360. The molecule has 0 atom stereocenters. The van der Waals surface area contributed by atoms with Crippen LogP contribution in [0.5, 0.6) is 17.2 Å². The number of halogens is 1. The SMILES string of the molecule is COc1ccccc1NC(=O)CN1C(=O)S/C(=C/c2cc(Br)c(OCc3ccccc3)c(OC)c2)C1=O. The van der Waals surface area contributed by atoms with Gasteiger partial charge < -0.3 is 19.5 Å². The molecule has 0 bridgehead atoms. The minimum absolute atomic E-state index is 0.196. The number of imide groups is 1. The molecule has 37 heavy (non-hydrogen) atoms. The molecule has 0 aromatic heterocycles. The number of nitrogens with zero attached hydrogens (tertiary/aromatic N) is 1. The van der Waals surface area contributed by atoms with Crippen molar-refractivity contribution >= 4 is 56.5 Å². The summed E-state index contributed by atoms with van der Waals surface area (Å²) in [7, 11) is 3.01. The Labute approximate surface area is 226 Å². The zero-order valence-electron chi connectivity index (χ0n) is 20.0. The third-order valence-electron chi connectivity index (χ3n) is 5.33. The van der Waals surface area contributed by atoms with Gasteiger partial charge in [0.05, 0.1) is 29.3 Å². The number of thioether (sulfide) groups is 1. The highest BCUT2D eigenvalue weighted by Gasteiger charge is 2.36. The topological polar surface area (TPSA) is 94.2 Å². The van der Waals surface area contributed by atoms with E-state index in [-0.39, 0.29) is 4.91 Å². The molecule has 3 aromatic rings. The molecule has 3 amide bonds. The minimum atomic E-state index is -0.551. The molecule has 8 nitrogen and oxygen atoms in total. The standard InChI is InChI=1S/C27H23BrN2O6S/c1-34-21-11-7-6-10-20(21)29-24(31)15-30-26(32)23(37-27(30)33)14-18-12-19(28)25(22(13-18)35-2)36-16-17-8-4-3-5-9-17/h3-14H,15-16H2,1-2H3,(H,29,31)/b23-14+. The van der Waals surface area contributed by atoms with E-state index in [1.54, 1.807) is 42.5 Å². The quantitative estimate of drug-likeness (QED) is 0.322. The van der Waals surface area contributed by atoms with Crippen molar-refractivity contribution < 1.29 is 28.6 Å². The number of nitrogens with one attached hydrogen (secondary N) is 1. The second-order valence-corrected chi connectivity index (χ2v) is 9.67. The number of ether oxygens (including phenoxy) is 3. The lowest BCUT2D eigenvalue weighted by atomic mass is 10.1. The van der Waals surface area contributed by atoms with Crippen LogP contribution >= 0.6 is 27.7 Å². The summed E-state index contributed by atoms with van der Waals surface area (Å²) < 4.78 is 17.3. The van der Waals surface area contributed by atoms with Gasteiger partial charge in [-0.15, -0.1) is 0 Å². The van der Waals surface area contributed by atoms with Gasteiger partial charge in [-0.3, -0.25) is 19.3 Å². The Balaban J connectivity index is 1.47. The summed E-state index contributed by atoms with van der Waals surface area (Å²) in [6.07, 6.45) is 1.58. The van der Waals surface area contributed by atoms with Gasteiger partial charge in [-0.2, -0.15) is 0 Å². The van der Waals surface area contributed by atoms with E-state index >= 15 is 0 Å². The number of para-hydroxylation sites is 2. The van der Waals surface area contributed by atoms with Gasteiger partial charge in [0.1, 0.15) is 18.9 Å². The number of rotatable bonds is 9. The number of anilines is 1. The van der Waals surface area contributed by atoms with Crippen LogP contribution in [0.15, 0.2) is 76.1 Å². The lowest BCUT2D eigenvalue weighted by Gasteiger charge is -2.14. The molecule has 0 unspecified atom stereocenters. The number of amides is 3. The average molecular weight is 583 g/mol. The van der Waals surface area contributed by atoms with E-state index < -0.39 is 23.6 Å². The molecule has 1 N–H and O–H groups in total. The average Bonchev–Trinajstić information content (AvgIpc) is 3.15. The summed E-state index contributed by atoms with van der Waals surface area (Å²) >= 11 is 4.28. The predicted molar refractivity (Wildman–Crippen MR) is 146 cm³/mol. The van der Waals surface area contributed by atoms with Crippen molar-refractivity contribution in [3.8, 4) is 17.2 Å². The van der Waals surface area contributed by atoms with Crippen LogP contribution in [-0.4, -0.2) is 42.7 Å². The highest BCUT2D eigenvalue weighted by Crippen LogP contribution is 2.39. The summed E-state index contributed by atoms with van der Waals surface area (Å²) in [4.78, 5) is 39.1. The van der Waals surface area contributed by atoms with Gasteiger partial charge in [0.25, 0.3) is 11.1 Å². The maximum Gasteiger partial charge on any atom is 0.294 e. The van der Waals surface area contributed by atoms with E-state index in [2.05, 4.69) is 21.2 Å². The van der Waals surface area contributed by atoms with Crippen LogP contribution in [0.1, 0.15) is 11.1 Å². The monoisotopic (exact) mass is 582 g/mol. The smallest absolute Gasteiger partial charge is 0.294 e. The molecule has 0 saturated carbocycles. The fourth-order valence-electron chi connectivity index (χ4n) is 3.56. The molecule has 1 aliphatic heterocycles. The maximum absolute atomic E-state index is 12.9. The van der Waals surface area contributed by atoms with Crippen molar-refractivity contribution in [2.24, 2.45) is 0 Å². The second-order valence-electron chi connectivity index (χ2n) is 7.82. The van der Waals surface area contributed by atoms with Crippen molar-refractivity contribution in [1.82, 2.24) is 4.90 Å². The first-order valence-electron chi connectivity index (χ1n) is 11.1. The van der Waals surface area contributed by atoms with Crippen LogP contribution in [0, 0.1) is 0 Å². The van der Waals surface area contributed by atoms with E-state index in [0.29, 0.717) is 39.6 Å².